The third-order valence-electron chi connectivity index (χ3n) is 5.33. The summed E-state index contributed by atoms with van der Waals surface area (Å²) in [6.45, 7) is 7.87. The highest BCUT2D eigenvalue weighted by atomic mass is 16.2. The summed E-state index contributed by atoms with van der Waals surface area (Å²) in [7, 11) is 0. The summed E-state index contributed by atoms with van der Waals surface area (Å²) in [5.74, 6) is 0.365. The molecule has 1 aliphatic heterocycles. The van der Waals surface area contributed by atoms with E-state index < -0.39 is 11.6 Å². The fourth-order valence-electron chi connectivity index (χ4n) is 3.56. The average Bonchev–Trinajstić information content (AvgIpc) is 2.72. The van der Waals surface area contributed by atoms with Gasteiger partial charge in [-0.3, -0.25) is 14.5 Å². The molecule has 0 aromatic carbocycles. The van der Waals surface area contributed by atoms with Crippen LogP contribution in [0.4, 0.5) is 4.79 Å². The Morgan fingerprint density at radius 3 is 2.62 bits per heavy atom. The van der Waals surface area contributed by atoms with Crippen molar-refractivity contribution >= 4 is 17.8 Å². The summed E-state index contributed by atoms with van der Waals surface area (Å²) in [4.78, 5) is 38.1. The topological polar surface area (TPSA) is 78.5 Å². The number of nitrogens with zero attached hydrogens (tertiary/aromatic N) is 1. The molecule has 2 aliphatic rings. The summed E-state index contributed by atoms with van der Waals surface area (Å²) in [5.41, 5.74) is -0.889. The van der Waals surface area contributed by atoms with Crippen LogP contribution in [0.2, 0.25) is 0 Å². The summed E-state index contributed by atoms with van der Waals surface area (Å²) in [6, 6.07) is -0.308. The minimum Gasteiger partial charge on any atom is -0.352 e. The second-order valence-corrected chi connectivity index (χ2v) is 8.02. The highest BCUT2D eigenvalue weighted by molar-refractivity contribution is 6.08. The molecule has 2 N–H and O–H groups in total. The maximum atomic E-state index is 12.6. The molecule has 136 valence electrons. The Kier molecular flexibility index (Phi) is 5.88. The Labute approximate surface area is 144 Å². The molecule has 0 aromatic rings. The minimum atomic E-state index is -0.889. The van der Waals surface area contributed by atoms with E-state index in [2.05, 4.69) is 31.4 Å². The number of rotatable bonds is 6. The van der Waals surface area contributed by atoms with Crippen molar-refractivity contribution in [1.82, 2.24) is 15.5 Å². The molecule has 2 rings (SSSR count). The van der Waals surface area contributed by atoms with Crippen molar-refractivity contribution < 1.29 is 14.4 Å². The van der Waals surface area contributed by atoms with Gasteiger partial charge in [-0.05, 0) is 44.4 Å². The Morgan fingerprint density at radius 2 is 2.00 bits per heavy atom. The van der Waals surface area contributed by atoms with Gasteiger partial charge < -0.3 is 10.6 Å². The fourth-order valence-corrected chi connectivity index (χ4v) is 3.56. The van der Waals surface area contributed by atoms with Crippen molar-refractivity contribution in [3.05, 3.63) is 0 Å². The maximum absolute atomic E-state index is 12.6. The SMILES string of the molecule is CC(C)CCC1(C)NC(=O)N(CC(=O)NC2CCCCC2C)C1=O. The van der Waals surface area contributed by atoms with Gasteiger partial charge in [-0.1, -0.05) is 33.6 Å². The Hall–Kier alpha value is -1.59. The summed E-state index contributed by atoms with van der Waals surface area (Å²) in [5, 5.41) is 5.76. The summed E-state index contributed by atoms with van der Waals surface area (Å²) < 4.78 is 0. The number of nitrogens with one attached hydrogen (secondary N) is 2. The van der Waals surface area contributed by atoms with Crippen molar-refractivity contribution in [1.29, 1.82) is 0 Å². The second kappa shape index (κ2) is 7.53. The molecule has 0 spiro atoms. The van der Waals surface area contributed by atoms with Crippen LogP contribution < -0.4 is 10.6 Å². The predicted octanol–water partition coefficient (Wildman–Crippen LogP) is 2.43. The molecule has 0 bridgehead atoms. The highest BCUT2D eigenvalue weighted by Gasteiger charge is 2.47. The van der Waals surface area contributed by atoms with Crippen LogP contribution in [-0.2, 0) is 9.59 Å². The molecule has 0 radical (unpaired) electrons. The van der Waals surface area contributed by atoms with Gasteiger partial charge in [0.25, 0.3) is 5.91 Å². The predicted molar refractivity (Wildman–Crippen MR) is 92.3 cm³/mol. The largest absolute Gasteiger partial charge is 0.352 e. The van der Waals surface area contributed by atoms with Gasteiger partial charge in [-0.15, -0.1) is 0 Å². The number of amides is 4. The zero-order valence-corrected chi connectivity index (χ0v) is 15.4. The van der Waals surface area contributed by atoms with E-state index in [0.29, 0.717) is 18.3 Å². The first-order valence-electron chi connectivity index (χ1n) is 9.16. The molecular weight excluding hydrogens is 306 g/mol. The molecule has 6 heteroatoms. The zero-order valence-electron chi connectivity index (χ0n) is 15.4. The van der Waals surface area contributed by atoms with Crippen LogP contribution in [0, 0.1) is 11.8 Å². The lowest BCUT2D eigenvalue weighted by molar-refractivity contribution is -0.135. The smallest absolute Gasteiger partial charge is 0.325 e. The summed E-state index contributed by atoms with van der Waals surface area (Å²) in [6.07, 6.45) is 5.84. The Bertz CT molecular complexity index is 506. The molecule has 1 saturated carbocycles. The lowest BCUT2D eigenvalue weighted by Crippen LogP contribution is -2.48. The molecule has 3 unspecified atom stereocenters. The lowest BCUT2D eigenvalue weighted by atomic mass is 9.86. The van der Waals surface area contributed by atoms with Crippen LogP contribution in [-0.4, -0.2) is 40.9 Å². The fraction of sp³-hybridized carbons (Fsp3) is 0.833. The van der Waals surface area contributed by atoms with E-state index in [9.17, 15) is 14.4 Å². The van der Waals surface area contributed by atoms with Crippen molar-refractivity contribution in [2.75, 3.05) is 6.54 Å². The number of carbonyl (C=O) groups excluding carboxylic acids is 3. The lowest BCUT2D eigenvalue weighted by Gasteiger charge is -2.30. The van der Waals surface area contributed by atoms with Crippen molar-refractivity contribution in [3.8, 4) is 0 Å². The average molecular weight is 337 g/mol. The van der Waals surface area contributed by atoms with Gasteiger partial charge in [0.05, 0.1) is 0 Å². The number of hydrogen-bond donors (Lipinski definition) is 2. The monoisotopic (exact) mass is 337 g/mol. The van der Waals surface area contributed by atoms with Crippen LogP contribution in [0.3, 0.4) is 0 Å². The third kappa shape index (κ3) is 4.28. The van der Waals surface area contributed by atoms with E-state index in [1.165, 1.54) is 6.42 Å². The van der Waals surface area contributed by atoms with Crippen LogP contribution >= 0.6 is 0 Å². The molecule has 4 amide bonds. The molecule has 1 heterocycles. The Balaban J connectivity index is 1.92. The van der Waals surface area contributed by atoms with E-state index in [-0.39, 0.29) is 24.4 Å². The van der Waals surface area contributed by atoms with Crippen LogP contribution in [0.5, 0.6) is 0 Å². The third-order valence-corrected chi connectivity index (χ3v) is 5.33. The van der Waals surface area contributed by atoms with E-state index >= 15 is 0 Å². The maximum Gasteiger partial charge on any atom is 0.325 e. The molecule has 3 atom stereocenters. The minimum absolute atomic E-state index is 0.152. The van der Waals surface area contributed by atoms with Crippen LogP contribution in [0.25, 0.3) is 0 Å². The first-order chi connectivity index (χ1) is 11.2. The van der Waals surface area contributed by atoms with E-state index in [1.54, 1.807) is 6.92 Å². The standard InChI is InChI=1S/C18H31N3O3/c1-12(2)9-10-18(4)16(23)21(17(24)20-18)11-15(22)19-14-8-6-5-7-13(14)3/h12-14H,5-11H2,1-4H3,(H,19,22)(H,20,24). The number of carbonyl (C=O) groups is 3. The second-order valence-electron chi connectivity index (χ2n) is 8.02. The summed E-state index contributed by atoms with van der Waals surface area (Å²) >= 11 is 0. The van der Waals surface area contributed by atoms with Gasteiger partial charge in [0, 0.05) is 6.04 Å². The number of imide groups is 1. The van der Waals surface area contributed by atoms with E-state index in [1.807, 2.05) is 0 Å². The number of urea groups is 1. The van der Waals surface area contributed by atoms with Crippen LogP contribution in [0.1, 0.15) is 66.2 Å². The molecule has 1 aliphatic carbocycles. The zero-order chi connectivity index (χ0) is 17.9. The molecule has 2 fully saturated rings. The van der Waals surface area contributed by atoms with Crippen molar-refractivity contribution in [2.24, 2.45) is 11.8 Å². The molecule has 24 heavy (non-hydrogen) atoms. The van der Waals surface area contributed by atoms with Crippen molar-refractivity contribution in [2.45, 2.75) is 77.8 Å². The van der Waals surface area contributed by atoms with Gasteiger partial charge >= 0.3 is 6.03 Å². The number of hydrogen-bond acceptors (Lipinski definition) is 3. The first kappa shape index (κ1) is 18.7. The van der Waals surface area contributed by atoms with Crippen molar-refractivity contribution in [3.63, 3.8) is 0 Å². The molecule has 1 saturated heterocycles. The quantitative estimate of drug-likeness (QED) is 0.731. The van der Waals surface area contributed by atoms with Gasteiger partial charge in [-0.25, -0.2) is 4.79 Å². The van der Waals surface area contributed by atoms with Gasteiger partial charge in [0.1, 0.15) is 12.1 Å². The molecular formula is C18H31N3O3. The van der Waals surface area contributed by atoms with E-state index in [0.717, 1.165) is 30.6 Å². The van der Waals surface area contributed by atoms with Gasteiger partial charge in [-0.2, -0.15) is 0 Å². The normalized spacial score (nSPS) is 30.6. The first-order valence-corrected chi connectivity index (χ1v) is 9.16. The molecule has 0 aromatic heterocycles. The van der Waals surface area contributed by atoms with Crippen LogP contribution in [0.15, 0.2) is 0 Å². The van der Waals surface area contributed by atoms with Gasteiger partial charge in [0.2, 0.25) is 5.91 Å². The van der Waals surface area contributed by atoms with Gasteiger partial charge in [0.15, 0.2) is 0 Å². The highest BCUT2D eigenvalue weighted by Crippen LogP contribution is 2.25. The molecule has 6 nitrogen and oxygen atoms in total. The Morgan fingerprint density at radius 1 is 1.33 bits per heavy atom. The van der Waals surface area contributed by atoms with E-state index in [4.69, 9.17) is 0 Å².